The highest BCUT2D eigenvalue weighted by Gasteiger charge is 2.14. The summed E-state index contributed by atoms with van der Waals surface area (Å²) in [5, 5.41) is 11.7. The molecule has 1 atom stereocenters. The molecule has 0 fully saturated rings. The molecular weight excluding hydrogens is 226 g/mol. The summed E-state index contributed by atoms with van der Waals surface area (Å²) < 4.78 is 0. The minimum Gasteiger partial charge on any atom is -0.396 e. The highest BCUT2D eigenvalue weighted by molar-refractivity contribution is 5.94. The van der Waals surface area contributed by atoms with Crippen molar-refractivity contribution in [3.8, 4) is 11.8 Å². The molecule has 1 unspecified atom stereocenters. The van der Waals surface area contributed by atoms with E-state index >= 15 is 0 Å². The molecule has 0 saturated carbocycles. The predicted octanol–water partition coefficient (Wildman–Crippen LogP) is 1.56. The van der Waals surface area contributed by atoms with E-state index in [1.165, 1.54) is 0 Å². The Kier molecular flexibility index (Phi) is 5.96. The van der Waals surface area contributed by atoms with Gasteiger partial charge in [0.1, 0.15) is 0 Å². The fraction of sp³-hybridized carbons (Fsp3) is 0.400. The normalized spacial score (nSPS) is 11.6. The molecule has 0 spiro atoms. The van der Waals surface area contributed by atoms with E-state index in [9.17, 15) is 4.79 Å². The monoisotopic (exact) mass is 245 g/mol. The Balaban J connectivity index is 2.58. The molecule has 1 amide bonds. The van der Waals surface area contributed by atoms with Crippen LogP contribution >= 0.6 is 0 Å². The van der Waals surface area contributed by atoms with Crippen LogP contribution in [0.1, 0.15) is 25.8 Å². The lowest BCUT2D eigenvalue weighted by Gasteiger charge is -2.19. The van der Waals surface area contributed by atoms with Crippen LogP contribution in [0.4, 0.5) is 0 Å². The fourth-order valence-corrected chi connectivity index (χ4v) is 1.57. The highest BCUT2D eigenvalue weighted by atomic mass is 16.3. The Morgan fingerprint density at radius 2 is 2.00 bits per heavy atom. The third-order valence-electron chi connectivity index (χ3n) is 2.66. The second kappa shape index (κ2) is 7.52. The standard InChI is InChI=1S/C15H19NO2/c1-12(2)14(10-11-17)16-15(18)9-8-13-6-4-3-5-7-13/h3-7,12,14,17H,10-11H2,1-2H3,(H,16,18). The van der Waals surface area contributed by atoms with Crippen LogP contribution in [-0.2, 0) is 4.79 Å². The van der Waals surface area contributed by atoms with Crippen molar-refractivity contribution in [2.75, 3.05) is 6.61 Å². The van der Waals surface area contributed by atoms with Gasteiger partial charge in [-0.25, -0.2) is 0 Å². The zero-order chi connectivity index (χ0) is 13.4. The predicted molar refractivity (Wildman–Crippen MR) is 71.8 cm³/mol. The summed E-state index contributed by atoms with van der Waals surface area (Å²) in [4.78, 5) is 11.6. The van der Waals surface area contributed by atoms with Crippen molar-refractivity contribution < 1.29 is 9.90 Å². The number of carbonyl (C=O) groups is 1. The average molecular weight is 245 g/mol. The van der Waals surface area contributed by atoms with Gasteiger partial charge in [0.05, 0.1) is 0 Å². The lowest BCUT2D eigenvalue weighted by Crippen LogP contribution is -2.38. The van der Waals surface area contributed by atoms with Crippen LogP contribution in [0.15, 0.2) is 30.3 Å². The first-order valence-electron chi connectivity index (χ1n) is 6.12. The van der Waals surface area contributed by atoms with E-state index in [0.717, 1.165) is 5.56 Å². The molecule has 0 aromatic heterocycles. The molecule has 96 valence electrons. The van der Waals surface area contributed by atoms with Crippen LogP contribution in [0.3, 0.4) is 0 Å². The van der Waals surface area contributed by atoms with Crippen LogP contribution in [0.2, 0.25) is 0 Å². The van der Waals surface area contributed by atoms with Crippen LogP contribution in [-0.4, -0.2) is 23.7 Å². The molecule has 0 bridgehead atoms. The lowest BCUT2D eigenvalue weighted by molar-refractivity contribution is -0.116. The Bertz CT molecular complexity index is 429. The summed E-state index contributed by atoms with van der Waals surface area (Å²) in [6.07, 6.45) is 0.552. The van der Waals surface area contributed by atoms with Crippen molar-refractivity contribution in [1.29, 1.82) is 0 Å². The molecule has 0 aliphatic heterocycles. The molecule has 0 aliphatic rings. The molecule has 2 N–H and O–H groups in total. The number of hydrogen-bond acceptors (Lipinski definition) is 2. The van der Waals surface area contributed by atoms with E-state index in [4.69, 9.17) is 5.11 Å². The summed E-state index contributed by atoms with van der Waals surface area (Å²) in [6.45, 7) is 4.08. The quantitative estimate of drug-likeness (QED) is 0.791. The smallest absolute Gasteiger partial charge is 0.296 e. The summed E-state index contributed by atoms with van der Waals surface area (Å²) in [6, 6.07) is 9.34. The van der Waals surface area contributed by atoms with Gasteiger partial charge in [-0.2, -0.15) is 0 Å². The van der Waals surface area contributed by atoms with E-state index in [0.29, 0.717) is 6.42 Å². The minimum atomic E-state index is -0.300. The van der Waals surface area contributed by atoms with Gasteiger partial charge in [0.2, 0.25) is 0 Å². The van der Waals surface area contributed by atoms with E-state index < -0.39 is 0 Å². The number of benzene rings is 1. The van der Waals surface area contributed by atoms with Crippen molar-refractivity contribution in [1.82, 2.24) is 5.32 Å². The summed E-state index contributed by atoms with van der Waals surface area (Å²) in [7, 11) is 0. The number of rotatable bonds is 4. The van der Waals surface area contributed by atoms with Gasteiger partial charge in [0.15, 0.2) is 0 Å². The fourth-order valence-electron chi connectivity index (χ4n) is 1.57. The zero-order valence-corrected chi connectivity index (χ0v) is 10.8. The molecule has 3 nitrogen and oxygen atoms in total. The number of aliphatic hydroxyl groups excluding tert-OH is 1. The van der Waals surface area contributed by atoms with Gasteiger partial charge in [-0.15, -0.1) is 0 Å². The third kappa shape index (κ3) is 5.03. The van der Waals surface area contributed by atoms with Gasteiger partial charge in [-0.05, 0) is 24.5 Å². The van der Waals surface area contributed by atoms with Crippen LogP contribution in [0, 0.1) is 17.8 Å². The van der Waals surface area contributed by atoms with E-state index in [1.54, 1.807) is 0 Å². The number of hydrogen-bond donors (Lipinski definition) is 2. The molecule has 0 aliphatic carbocycles. The van der Waals surface area contributed by atoms with Crippen molar-refractivity contribution in [3.63, 3.8) is 0 Å². The van der Waals surface area contributed by atoms with Crippen LogP contribution in [0.5, 0.6) is 0 Å². The first kappa shape index (κ1) is 14.3. The number of amides is 1. The van der Waals surface area contributed by atoms with Gasteiger partial charge < -0.3 is 10.4 Å². The molecule has 0 radical (unpaired) electrons. The number of aliphatic hydroxyl groups is 1. The first-order chi connectivity index (χ1) is 8.63. The maximum Gasteiger partial charge on any atom is 0.296 e. The topological polar surface area (TPSA) is 49.3 Å². The van der Waals surface area contributed by atoms with Crippen molar-refractivity contribution in [3.05, 3.63) is 35.9 Å². The maximum absolute atomic E-state index is 11.6. The molecule has 18 heavy (non-hydrogen) atoms. The summed E-state index contributed by atoms with van der Waals surface area (Å²) in [5.41, 5.74) is 0.816. The lowest BCUT2D eigenvalue weighted by atomic mass is 10.0. The molecule has 1 aromatic carbocycles. The van der Waals surface area contributed by atoms with Crippen molar-refractivity contribution in [2.45, 2.75) is 26.3 Å². The van der Waals surface area contributed by atoms with Gasteiger partial charge in [0.25, 0.3) is 5.91 Å². The Labute approximate surface area is 108 Å². The Morgan fingerprint density at radius 3 is 2.56 bits per heavy atom. The maximum atomic E-state index is 11.6. The Morgan fingerprint density at radius 1 is 1.33 bits per heavy atom. The minimum absolute atomic E-state index is 0.0347. The Hall–Kier alpha value is -1.79. The molecule has 0 heterocycles. The summed E-state index contributed by atoms with van der Waals surface area (Å²) >= 11 is 0. The van der Waals surface area contributed by atoms with Gasteiger partial charge >= 0.3 is 0 Å². The van der Waals surface area contributed by atoms with E-state index in [2.05, 4.69) is 17.2 Å². The average Bonchev–Trinajstić information content (AvgIpc) is 2.37. The molecule has 1 rings (SSSR count). The van der Waals surface area contributed by atoms with E-state index in [1.807, 2.05) is 44.2 Å². The number of carbonyl (C=O) groups excluding carboxylic acids is 1. The van der Waals surface area contributed by atoms with Gasteiger partial charge in [0, 0.05) is 24.1 Å². The van der Waals surface area contributed by atoms with Crippen LogP contribution < -0.4 is 5.32 Å². The molecular formula is C15H19NO2. The van der Waals surface area contributed by atoms with Crippen molar-refractivity contribution in [2.24, 2.45) is 5.92 Å². The van der Waals surface area contributed by atoms with Gasteiger partial charge in [-0.3, -0.25) is 4.79 Å². The molecule has 3 heteroatoms. The number of nitrogens with one attached hydrogen (secondary N) is 1. The SMILES string of the molecule is CC(C)C(CCO)NC(=O)C#Cc1ccccc1. The first-order valence-corrected chi connectivity index (χ1v) is 6.12. The van der Waals surface area contributed by atoms with E-state index in [-0.39, 0.29) is 24.5 Å². The molecule has 0 saturated heterocycles. The molecule has 1 aromatic rings. The highest BCUT2D eigenvalue weighted by Crippen LogP contribution is 2.05. The van der Waals surface area contributed by atoms with Crippen LogP contribution in [0.25, 0.3) is 0 Å². The van der Waals surface area contributed by atoms with Gasteiger partial charge in [-0.1, -0.05) is 38.0 Å². The summed E-state index contributed by atoms with van der Waals surface area (Å²) in [5.74, 6) is 5.34. The second-order valence-electron chi connectivity index (χ2n) is 4.45. The largest absolute Gasteiger partial charge is 0.396 e. The third-order valence-corrected chi connectivity index (χ3v) is 2.66. The van der Waals surface area contributed by atoms with Crippen molar-refractivity contribution >= 4 is 5.91 Å². The zero-order valence-electron chi connectivity index (χ0n) is 10.8. The second-order valence-corrected chi connectivity index (χ2v) is 4.45.